The number of benzene rings is 1. The second kappa shape index (κ2) is 5.76. The molecular formula is C9H12BrFN2O3S. The molecule has 0 bridgehead atoms. The zero-order chi connectivity index (χ0) is 13.1. The molecule has 0 amide bonds. The van der Waals surface area contributed by atoms with E-state index in [1.807, 2.05) is 0 Å². The van der Waals surface area contributed by atoms with Crippen LogP contribution in [-0.4, -0.2) is 26.7 Å². The number of hydrogen-bond acceptors (Lipinski definition) is 4. The summed E-state index contributed by atoms with van der Waals surface area (Å²) in [7, 11) is -3.95. The highest BCUT2D eigenvalue weighted by molar-refractivity contribution is 9.10. The normalized spacial score (nSPS) is 11.7. The number of sulfonamides is 1. The van der Waals surface area contributed by atoms with Gasteiger partial charge in [0.05, 0.1) is 4.47 Å². The van der Waals surface area contributed by atoms with Gasteiger partial charge in [0.1, 0.15) is 4.90 Å². The maximum Gasteiger partial charge on any atom is 0.243 e. The van der Waals surface area contributed by atoms with Crippen LogP contribution in [0.4, 0.5) is 10.1 Å². The van der Waals surface area contributed by atoms with Gasteiger partial charge in [0.2, 0.25) is 10.0 Å². The van der Waals surface area contributed by atoms with E-state index in [-0.39, 0.29) is 29.7 Å². The summed E-state index contributed by atoms with van der Waals surface area (Å²) in [6, 6.07) is 2.32. The molecule has 8 heteroatoms. The van der Waals surface area contributed by atoms with E-state index < -0.39 is 20.7 Å². The summed E-state index contributed by atoms with van der Waals surface area (Å²) in [4.78, 5) is -0.512. The minimum atomic E-state index is -3.95. The van der Waals surface area contributed by atoms with Crippen molar-refractivity contribution in [3.63, 3.8) is 0 Å². The first kappa shape index (κ1) is 14.4. The third kappa shape index (κ3) is 3.63. The molecule has 0 heterocycles. The van der Waals surface area contributed by atoms with Crippen LogP contribution in [0.5, 0.6) is 0 Å². The monoisotopic (exact) mass is 326 g/mol. The Morgan fingerprint density at radius 3 is 2.71 bits per heavy atom. The van der Waals surface area contributed by atoms with Crippen LogP contribution in [0.3, 0.4) is 0 Å². The minimum Gasteiger partial charge on any atom is -0.399 e. The largest absolute Gasteiger partial charge is 0.399 e. The fraction of sp³-hybridized carbons (Fsp3) is 0.333. The number of aliphatic hydroxyl groups excluding tert-OH is 1. The van der Waals surface area contributed by atoms with Crippen molar-refractivity contribution in [2.75, 3.05) is 18.9 Å². The second-order valence-electron chi connectivity index (χ2n) is 3.29. The van der Waals surface area contributed by atoms with Gasteiger partial charge in [0.25, 0.3) is 0 Å². The summed E-state index contributed by atoms with van der Waals surface area (Å²) < 4.78 is 39.2. The molecule has 0 unspecified atom stereocenters. The maximum absolute atomic E-state index is 13.6. The molecule has 5 nitrogen and oxygen atoms in total. The molecule has 0 spiro atoms. The van der Waals surface area contributed by atoms with Gasteiger partial charge >= 0.3 is 0 Å². The lowest BCUT2D eigenvalue weighted by atomic mass is 10.3. The topological polar surface area (TPSA) is 92.4 Å². The number of anilines is 1. The Morgan fingerprint density at radius 2 is 2.12 bits per heavy atom. The lowest BCUT2D eigenvalue weighted by Crippen LogP contribution is -2.26. The number of nitrogens with two attached hydrogens (primary N) is 1. The summed E-state index contributed by atoms with van der Waals surface area (Å²) in [5.41, 5.74) is 5.59. The molecule has 4 N–H and O–H groups in total. The van der Waals surface area contributed by atoms with Gasteiger partial charge in [-0.1, -0.05) is 0 Å². The molecule has 0 saturated heterocycles. The highest BCUT2D eigenvalue weighted by Gasteiger charge is 2.21. The Bertz CT molecular complexity index is 507. The van der Waals surface area contributed by atoms with Gasteiger partial charge in [-0.2, -0.15) is 0 Å². The average molecular weight is 327 g/mol. The third-order valence-corrected chi connectivity index (χ3v) is 3.97. The van der Waals surface area contributed by atoms with Gasteiger partial charge in [-0.3, -0.25) is 0 Å². The van der Waals surface area contributed by atoms with Crippen LogP contribution in [0.25, 0.3) is 0 Å². The summed E-state index contributed by atoms with van der Waals surface area (Å²) in [5, 5.41) is 8.54. The van der Waals surface area contributed by atoms with Crippen LogP contribution in [0.1, 0.15) is 6.42 Å². The molecule has 96 valence electrons. The van der Waals surface area contributed by atoms with Crippen LogP contribution in [-0.2, 0) is 10.0 Å². The van der Waals surface area contributed by atoms with Crippen molar-refractivity contribution in [3.05, 3.63) is 22.4 Å². The minimum absolute atomic E-state index is 0.0139. The fourth-order valence-corrected chi connectivity index (χ4v) is 2.96. The van der Waals surface area contributed by atoms with Gasteiger partial charge in [0, 0.05) is 18.8 Å². The van der Waals surface area contributed by atoms with E-state index in [0.717, 1.165) is 6.07 Å². The van der Waals surface area contributed by atoms with E-state index in [0.29, 0.717) is 0 Å². The Morgan fingerprint density at radius 1 is 1.47 bits per heavy atom. The van der Waals surface area contributed by atoms with Gasteiger partial charge in [-0.25, -0.2) is 17.5 Å². The first-order valence-electron chi connectivity index (χ1n) is 4.73. The zero-order valence-electron chi connectivity index (χ0n) is 8.78. The second-order valence-corrected chi connectivity index (χ2v) is 5.88. The average Bonchev–Trinajstić information content (AvgIpc) is 2.23. The molecule has 0 aliphatic rings. The number of hydrogen-bond donors (Lipinski definition) is 3. The van der Waals surface area contributed by atoms with Crippen molar-refractivity contribution >= 4 is 31.6 Å². The SMILES string of the molecule is Nc1cc(Br)c(F)c(S(=O)(=O)NCCCO)c1. The Hall–Kier alpha value is -0.700. The highest BCUT2D eigenvalue weighted by Crippen LogP contribution is 2.25. The van der Waals surface area contributed by atoms with E-state index in [1.54, 1.807) is 0 Å². The molecule has 0 aliphatic heterocycles. The number of halogens is 2. The van der Waals surface area contributed by atoms with Gasteiger partial charge in [-0.15, -0.1) is 0 Å². The van der Waals surface area contributed by atoms with E-state index in [2.05, 4.69) is 20.7 Å². The first-order chi connectivity index (χ1) is 7.88. The maximum atomic E-state index is 13.6. The van der Waals surface area contributed by atoms with Crippen LogP contribution < -0.4 is 10.5 Å². The number of nitrogen functional groups attached to an aromatic ring is 1. The molecule has 0 atom stereocenters. The summed E-state index contributed by atoms with van der Waals surface area (Å²) in [6.45, 7) is -0.115. The lowest BCUT2D eigenvalue weighted by molar-refractivity contribution is 0.289. The lowest BCUT2D eigenvalue weighted by Gasteiger charge is -2.09. The molecule has 0 aliphatic carbocycles. The van der Waals surface area contributed by atoms with Crippen LogP contribution in [0.2, 0.25) is 0 Å². The fourth-order valence-electron chi connectivity index (χ4n) is 1.14. The smallest absolute Gasteiger partial charge is 0.243 e. The van der Waals surface area contributed by atoms with Crippen molar-refractivity contribution in [2.24, 2.45) is 0 Å². The van der Waals surface area contributed by atoms with E-state index in [9.17, 15) is 12.8 Å². The molecule has 0 saturated carbocycles. The number of rotatable bonds is 5. The molecule has 17 heavy (non-hydrogen) atoms. The van der Waals surface area contributed by atoms with E-state index >= 15 is 0 Å². The van der Waals surface area contributed by atoms with Crippen molar-refractivity contribution in [1.82, 2.24) is 4.72 Å². The van der Waals surface area contributed by atoms with Crippen molar-refractivity contribution in [1.29, 1.82) is 0 Å². The van der Waals surface area contributed by atoms with Gasteiger partial charge in [0.15, 0.2) is 5.82 Å². The standard InChI is InChI=1S/C9H12BrFN2O3S/c10-7-4-6(12)5-8(9(7)11)17(15,16)13-2-1-3-14/h4-5,13-14H,1-3,12H2. The van der Waals surface area contributed by atoms with Crippen LogP contribution in [0, 0.1) is 5.82 Å². The van der Waals surface area contributed by atoms with Crippen LogP contribution >= 0.6 is 15.9 Å². The molecule has 1 aromatic carbocycles. The zero-order valence-corrected chi connectivity index (χ0v) is 11.2. The van der Waals surface area contributed by atoms with Crippen molar-refractivity contribution in [2.45, 2.75) is 11.3 Å². The van der Waals surface area contributed by atoms with E-state index in [4.69, 9.17) is 10.8 Å². The number of nitrogens with one attached hydrogen (secondary N) is 1. The molecule has 0 fully saturated rings. The van der Waals surface area contributed by atoms with Crippen LogP contribution in [0.15, 0.2) is 21.5 Å². The number of aliphatic hydroxyl groups is 1. The summed E-state index contributed by atoms with van der Waals surface area (Å²) in [5.74, 6) is -0.893. The third-order valence-electron chi connectivity index (χ3n) is 1.93. The molecule has 0 radical (unpaired) electrons. The highest BCUT2D eigenvalue weighted by atomic mass is 79.9. The predicted molar refractivity (Wildman–Crippen MR) is 65.4 cm³/mol. The Balaban J connectivity index is 3.06. The van der Waals surface area contributed by atoms with E-state index in [1.165, 1.54) is 6.07 Å². The van der Waals surface area contributed by atoms with Crippen molar-refractivity contribution in [3.8, 4) is 0 Å². The quantitative estimate of drug-likeness (QED) is 0.552. The van der Waals surface area contributed by atoms with Gasteiger partial charge in [-0.05, 0) is 34.5 Å². The molecule has 0 aromatic heterocycles. The van der Waals surface area contributed by atoms with Gasteiger partial charge < -0.3 is 10.8 Å². The summed E-state index contributed by atoms with van der Waals surface area (Å²) in [6.07, 6.45) is 0.254. The molecule has 1 aromatic rings. The summed E-state index contributed by atoms with van der Waals surface area (Å²) >= 11 is 2.88. The molecule has 1 rings (SSSR count). The Labute approximate surface area is 107 Å². The molecular weight excluding hydrogens is 315 g/mol. The predicted octanol–water partition coefficient (Wildman–Crippen LogP) is 0.831. The first-order valence-corrected chi connectivity index (χ1v) is 7.01. The van der Waals surface area contributed by atoms with Crippen molar-refractivity contribution < 1.29 is 17.9 Å². The Kier molecular flexibility index (Phi) is 4.87.